The molecule has 0 saturated heterocycles. The van der Waals surface area contributed by atoms with Crippen LogP contribution >= 0.6 is 0 Å². The summed E-state index contributed by atoms with van der Waals surface area (Å²) in [5, 5.41) is 11.5. The van der Waals surface area contributed by atoms with Crippen molar-refractivity contribution in [3.8, 4) is 0 Å². The first-order valence-corrected chi connectivity index (χ1v) is 5.26. The number of nitrogens with one attached hydrogen (secondary N) is 1. The molecule has 0 aliphatic rings. The lowest BCUT2D eigenvalue weighted by molar-refractivity contribution is 0.139. The monoisotopic (exact) mass is 203 g/mol. The fourth-order valence-corrected chi connectivity index (χ4v) is 0.926. The highest BCUT2D eigenvalue weighted by Gasteiger charge is 2.07. The van der Waals surface area contributed by atoms with Crippen molar-refractivity contribution in [3.63, 3.8) is 0 Å². The Kier molecular flexibility index (Phi) is 8.33. The third-order valence-corrected chi connectivity index (χ3v) is 2.10. The molecule has 0 bridgehead atoms. The topological polar surface area (TPSA) is 58.6 Å². The molecule has 0 aromatic heterocycles. The van der Waals surface area contributed by atoms with Crippen molar-refractivity contribution < 1.29 is 14.6 Å². The summed E-state index contributed by atoms with van der Waals surface area (Å²) in [4.78, 5) is 11.0. The van der Waals surface area contributed by atoms with Gasteiger partial charge in [0.25, 0.3) is 0 Å². The molecule has 1 unspecified atom stereocenters. The summed E-state index contributed by atoms with van der Waals surface area (Å²) in [7, 11) is 0. The van der Waals surface area contributed by atoms with Crippen LogP contribution in [0, 0.1) is 5.92 Å². The molecule has 84 valence electrons. The fourth-order valence-electron chi connectivity index (χ4n) is 0.926. The largest absolute Gasteiger partial charge is 0.450 e. The van der Waals surface area contributed by atoms with Crippen molar-refractivity contribution in [3.05, 3.63) is 0 Å². The summed E-state index contributed by atoms with van der Waals surface area (Å²) in [6.07, 6.45) is 2.38. The molecule has 1 amide bonds. The van der Waals surface area contributed by atoms with Crippen LogP contribution in [-0.4, -0.2) is 31.0 Å². The van der Waals surface area contributed by atoms with Crippen molar-refractivity contribution in [2.75, 3.05) is 19.8 Å². The summed E-state index contributed by atoms with van der Waals surface area (Å²) in [6.45, 7) is 5.08. The Balaban J connectivity index is 3.42. The molecule has 0 aliphatic heterocycles. The van der Waals surface area contributed by atoms with Gasteiger partial charge in [0.2, 0.25) is 0 Å². The van der Waals surface area contributed by atoms with Gasteiger partial charge in [0, 0.05) is 13.2 Å². The van der Waals surface area contributed by atoms with Gasteiger partial charge in [0.15, 0.2) is 0 Å². The summed E-state index contributed by atoms with van der Waals surface area (Å²) in [5.74, 6) is 0.133. The Morgan fingerprint density at radius 2 is 2.21 bits per heavy atom. The summed E-state index contributed by atoms with van der Waals surface area (Å²) in [5.41, 5.74) is 0. The van der Waals surface area contributed by atoms with Crippen molar-refractivity contribution >= 4 is 6.09 Å². The molecule has 0 rings (SSSR count). The second-order valence-corrected chi connectivity index (χ2v) is 3.33. The van der Waals surface area contributed by atoms with Gasteiger partial charge in [-0.25, -0.2) is 4.79 Å². The Morgan fingerprint density at radius 3 is 2.71 bits per heavy atom. The van der Waals surface area contributed by atoms with Gasteiger partial charge in [-0.1, -0.05) is 20.3 Å². The molecule has 0 aromatic rings. The lowest BCUT2D eigenvalue weighted by atomic mass is 10.1. The minimum Gasteiger partial charge on any atom is -0.450 e. The molecule has 14 heavy (non-hydrogen) atoms. The second-order valence-electron chi connectivity index (χ2n) is 3.33. The smallest absolute Gasteiger partial charge is 0.407 e. The number of rotatable bonds is 7. The van der Waals surface area contributed by atoms with E-state index in [4.69, 9.17) is 9.84 Å². The van der Waals surface area contributed by atoms with Crippen LogP contribution < -0.4 is 5.32 Å². The molecule has 1 atom stereocenters. The van der Waals surface area contributed by atoms with Gasteiger partial charge < -0.3 is 15.2 Å². The summed E-state index contributed by atoms with van der Waals surface area (Å²) in [6, 6.07) is 0. The number of hydrogen-bond acceptors (Lipinski definition) is 3. The number of ether oxygens (including phenoxy) is 1. The Morgan fingerprint density at radius 1 is 1.50 bits per heavy atom. The quantitative estimate of drug-likeness (QED) is 0.617. The molecule has 0 heterocycles. The molecule has 4 nitrogen and oxygen atoms in total. The normalized spacial score (nSPS) is 12.2. The number of carbonyl (C=O) groups excluding carboxylic acids is 1. The molecule has 0 aliphatic carbocycles. The molecule has 0 aromatic carbocycles. The van der Waals surface area contributed by atoms with Gasteiger partial charge in [-0.3, -0.25) is 0 Å². The maximum atomic E-state index is 11.0. The predicted molar refractivity (Wildman–Crippen MR) is 55.1 cm³/mol. The van der Waals surface area contributed by atoms with Crippen molar-refractivity contribution in [2.24, 2.45) is 5.92 Å². The highest BCUT2D eigenvalue weighted by Crippen LogP contribution is 1.98. The van der Waals surface area contributed by atoms with Crippen LogP contribution in [0.4, 0.5) is 4.79 Å². The van der Waals surface area contributed by atoms with E-state index >= 15 is 0 Å². The van der Waals surface area contributed by atoms with Gasteiger partial charge in [-0.2, -0.15) is 0 Å². The lowest BCUT2D eigenvalue weighted by Gasteiger charge is -2.12. The highest BCUT2D eigenvalue weighted by atomic mass is 16.5. The van der Waals surface area contributed by atoms with E-state index in [2.05, 4.69) is 5.32 Å². The average molecular weight is 203 g/mol. The molecule has 2 N–H and O–H groups in total. The van der Waals surface area contributed by atoms with Crippen LogP contribution in [-0.2, 0) is 4.74 Å². The number of carbonyl (C=O) groups is 1. The Labute approximate surface area is 85.6 Å². The van der Waals surface area contributed by atoms with E-state index in [9.17, 15) is 4.79 Å². The maximum absolute atomic E-state index is 11.0. The van der Waals surface area contributed by atoms with E-state index in [0.717, 1.165) is 19.3 Å². The number of alkyl carbamates (subject to hydrolysis) is 1. The maximum Gasteiger partial charge on any atom is 0.407 e. The lowest BCUT2D eigenvalue weighted by Crippen LogP contribution is -2.31. The number of unbranched alkanes of at least 4 members (excludes halogenated alkanes) is 1. The third-order valence-electron chi connectivity index (χ3n) is 2.10. The van der Waals surface area contributed by atoms with Crippen LogP contribution in [0.1, 0.15) is 33.1 Å². The molecular weight excluding hydrogens is 182 g/mol. The standard InChI is InChI=1S/C10H21NO3/c1-3-5-6-14-10(13)11-7-9(4-2)8-12/h9,12H,3-8H2,1-2H3,(H,11,13). The van der Waals surface area contributed by atoms with E-state index in [0.29, 0.717) is 13.2 Å². The van der Waals surface area contributed by atoms with E-state index in [1.165, 1.54) is 0 Å². The Bertz CT molecular complexity index is 146. The minimum atomic E-state index is -0.384. The zero-order valence-corrected chi connectivity index (χ0v) is 9.08. The van der Waals surface area contributed by atoms with E-state index in [-0.39, 0.29) is 18.6 Å². The van der Waals surface area contributed by atoms with Crippen LogP contribution in [0.3, 0.4) is 0 Å². The molecule has 4 heteroatoms. The van der Waals surface area contributed by atoms with Crippen LogP contribution in [0.25, 0.3) is 0 Å². The number of aliphatic hydroxyl groups excluding tert-OH is 1. The summed E-state index contributed by atoms with van der Waals surface area (Å²) >= 11 is 0. The van der Waals surface area contributed by atoms with Crippen LogP contribution in [0.15, 0.2) is 0 Å². The number of amides is 1. The molecule has 0 radical (unpaired) electrons. The first-order valence-electron chi connectivity index (χ1n) is 5.26. The van der Waals surface area contributed by atoms with Crippen LogP contribution in [0.2, 0.25) is 0 Å². The van der Waals surface area contributed by atoms with E-state index in [1.807, 2.05) is 13.8 Å². The zero-order valence-electron chi connectivity index (χ0n) is 9.08. The molecule has 0 saturated carbocycles. The first-order chi connectivity index (χ1) is 6.74. The number of aliphatic hydroxyl groups is 1. The van der Waals surface area contributed by atoms with Gasteiger partial charge in [-0.05, 0) is 18.8 Å². The highest BCUT2D eigenvalue weighted by molar-refractivity contribution is 5.67. The SMILES string of the molecule is CCCCOC(=O)NCC(CC)CO. The molecule has 0 fully saturated rings. The van der Waals surface area contributed by atoms with Crippen molar-refractivity contribution in [2.45, 2.75) is 33.1 Å². The van der Waals surface area contributed by atoms with Gasteiger partial charge in [0.1, 0.15) is 0 Å². The predicted octanol–water partition coefficient (Wildman–Crippen LogP) is 1.53. The Hall–Kier alpha value is -0.770. The molecule has 0 spiro atoms. The zero-order chi connectivity index (χ0) is 10.8. The average Bonchev–Trinajstić information content (AvgIpc) is 2.20. The molecular formula is C10H21NO3. The van der Waals surface area contributed by atoms with Gasteiger partial charge in [0.05, 0.1) is 6.61 Å². The van der Waals surface area contributed by atoms with Crippen molar-refractivity contribution in [1.82, 2.24) is 5.32 Å². The van der Waals surface area contributed by atoms with E-state index < -0.39 is 0 Å². The second kappa shape index (κ2) is 8.81. The summed E-state index contributed by atoms with van der Waals surface area (Å²) < 4.78 is 4.89. The first kappa shape index (κ1) is 13.2. The van der Waals surface area contributed by atoms with Gasteiger partial charge in [-0.15, -0.1) is 0 Å². The van der Waals surface area contributed by atoms with Crippen LogP contribution in [0.5, 0.6) is 0 Å². The minimum absolute atomic E-state index is 0.103. The number of hydrogen-bond donors (Lipinski definition) is 2. The van der Waals surface area contributed by atoms with Gasteiger partial charge >= 0.3 is 6.09 Å². The third kappa shape index (κ3) is 6.71. The van der Waals surface area contributed by atoms with Crippen molar-refractivity contribution in [1.29, 1.82) is 0 Å². The van der Waals surface area contributed by atoms with E-state index in [1.54, 1.807) is 0 Å². The fraction of sp³-hybridized carbons (Fsp3) is 0.900.